The number of piperazine rings is 1. The van der Waals surface area contributed by atoms with Crippen molar-refractivity contribution in [2.75, 3.05) is 31.5 Å². The molecule has 1 aliphatic heterocycles. The van der Waals surface area contributed by atoms with Gasteiger partial charge in [-0.3, -0.25) is 9.59 Å². The van der Waals surface area contributed by atoms with Gasteiger partial charge >= 0.3 is 0 Å². The van der Waals surface area contributed by atoms with Gasteiger partial charge in [-0.05, 0) is 30.3 Å². The van der Waals surface area contributed by atoms with Crippen molar-refractivity contribution in [2.24, 2.45) is 0 Å². The van der Waals surface area contributed by atoms with Gasteiger partial charge in [-0.25, -0.2) is 0 Å². The summed E-state index contributed by atoms with van der Waals surface area (Å²) < 4.78 is 5.13. The highest BCUT2D eigenvalue weighted by Crippen LogP contribution is 2.25. The Labute approximate surface area is 171 Å². The maximum Gasteiger partial charge on any atom is 0.289 e. The van der Waals surface area contributed by atoms with Gasteiger partial charge in [0.2, 0.25) is 0 Å². The highest BCUT2D eigenvalue weighted by atomic mass is 35.5. The van der Waals surface area contributed by atoms with Crippen LogP contribution in [0.1, 0.15) is 10.6 Å². The van der Waals surface area contributed by atoms with Crippen LogP contribution in [-0.4, -0.2) is 47.8 Å². The lowest BCUT2D eigenvalue weighted by atomic mass is 10.2. The van der Waals surface area contributed by atoms with Crippen LogP contribution in [0.4, 0.5) is 5.69 Å². The van der Waals surface area contributed by atoms with Crippen LogP contribution in [0, 0.1) is 11.3 Å². The summed E-state index contributed by atoms with van der Waals surface area (Å²) in [6.07, 6.45) is 2.96. The van der Waals surface area contributed by atoms with Gasteiger partial charge in [0.1, 0.15) is 11.6 Å². The number of carbonyl (C=O) groups is 2. The van der Waals surface area contributed by atoms with Crippen molar-refractivity contribution in [1.29, 1.82) is 5.26 Å². The van der Waals surface area contributed by atoms with Gasteiger partial charge in [-0.2, -0.15) is 5.26 Å². The van der Waals surface area contributed by atoms with Crippen LogP contribution in [0.25, 0.3) is 0 Å². The number of nitrogens with zero attached hydrogens (tertiary/aromatic N) is 3. The third-order valence-corrected chi connectivity index (χ3v) is 4.93. The number of halogens is 2. The minimum Gasteiger partial charge on any atom is -0.459 e. The SMILES string of the molecule is N#C/C(=C/N1CCN(C(=O)c2ccco2)CC1)C(=O)Nc1ccc(Cl)c(Cl)c1. The molecule has 28 heavy (non-hydrogen) atoms. The Hall–Kier alpha value is -2.95. The van der Waals surface area contributed by atoms with Gasteiger partial charge in [-0.15, -0.1) is 0 Å². The molecule has 1 aliphatic rings. The molecule has 2 aromatic rings. The summed E-state index contributed by atoms with van der Waals surface area (Å²) in [6.45, 7) is 1.92. The van der Waals surface area contributed by atoms with Crippen LogP contribution < -0.4 is 5.32 Å². The summed E-state index contributed by atoms with van der Waals surface area (Å²) in [4.78, 5) is 28.1. The van der Waals surface area contributed by atoms with Crippen molar-refractivity contribution in [3.05, 3.63) is 64.2 Å². The first-order chi connectivity index (χ1) is 13.5. The molecule has 0 aliphatic carbocycles. The zero-order chi connectivity index (χ0) is 20.1. The Morgan fingerprint density at radius 1 is 1.14 bits per heavy atom. The largest absolute Gasteiger partial charge is 0.459 e. The van der Waals surface area contributed by atoms with Crippen LogP contribution in [-0.2, 0) is 4.79 Å². The average molecular weight is 419 g/mol. The molecule has 1 saturated heterocycles. The van der Waals surface area contributed by atoms with Crippen molar-refractivity contribution in [1.82, 2.24) is 9.80 Å². The molecule has 7 nitrogen and oxygen atoms in total. The smallest absolute Gasteiger partial charge is 0.289 e. The second-order valence-corrected chi connectivity index (χ2v) is 6.86. The van der Waals surface area contributed by atoms with E-state index in [0.717, 1.165) is 0 Å². The van der Waals surface area contributed by atoms with E-state index in [-0.39, 0.29) is 11.5 Å². The number of anilines is 1. The van der Waals surface area contributed by atoms with Crippen molar-refractivity contribution < 1.29 is 14.0 Å². The Morgan fingerprint density at radius 2 is 1.89 bits per heavy atom. The molecule has 9 heteroatoms. The second kappa shape index (κ2) is 8.83. The monoisotopic (exact) mass is 418 g/mol. The maximum atomic E-state index is 12.4. The first kappa shape index (κ1) is 19.8. The standard InChI is InChI=1S/C19H16Cl2N4O3/c20-15-4-3-14(10-16(15)21)23-18(26)13(11-22)12-24-5-7-25(8-6-24)19(27)17-2-1-9-28-17/h1-4,9-10,12H,5-8H2,(H,23,26)/b13-12-. The lowest BCUT2D eigenvalue weighted by molar-refractivity contribution is -0.112. The molecule has 144 valence electrons. The van der Waals surface area contributed by atoms with Gasteiger partial charge in [-0.1, -0.05) is 23.2 Å². The third kappa shape index (κ3) is 4.66. The van der Waals surface area contributed by atoms with E-state index in [4.69, 9.17) is 27.6 Å². The first-order valence-corrected chi connectivity index (χ1v) is 9.18. The zero-order valence-corrected chi connectivity index (χ0v) is 16.2. The normalized spacial score (nSPS) is 14.5. The maximum absolute atomic E-state index is 12.4. The molecular weight excluding hydrogens is 403 g/mol. The van der Waals surface area contributed by atoms with Gasteiger partial charge in [0.25, 0.3) is 11.8 Å². The molecule has 0 saturated carbocycles. The number of hydrogen-bond donors (Lipinski definition) is 1. The van der Waals surface area contributed by atoms with Crippen LogP contribution in [0.2, 0.25) is 10.0 Å². The fourth-order valence-corrected chi connectivity index (χ4v) is 3.00. The molecule has 0 spiro atoms. The van der Waals surface area contributed by atoms with Gasteiger partial charge < -0.3 is 19.5 Å². The summed E-state index contributed by atoms with van der Waals surface area (Å²) in [5, 5.41) is 12.6. The molecule has 1 N–H and O–H groups in total. The van der Waals surface area contributed by atoms with Crippen molar-refractivity contribution in [3.63, 3.8) is 0 Å². The van der Waals surface area contributed by atoms with E-state index in [1.54, 1.807) is 29.2 Å². The Kier molecular flexibility index (Phi) is 6.24. The number of hydrogen-bond acceptors (Lipinski definition) is 5. The minimum atomic E-state index is -0.546. The number of nitriles is 1. The molecule has 2 amide bonds. The number of rotatable bonds is 4. The Morgan fingerprint density at radius 3 is 2.50 bits per heavy atom. The molecule has 0 unspecified atom stereocenters. The third-order valence-electron chi connectivity index (χ3n) is 4.19. The van der Waals surface area contributed by atoms with Gasteiger partial charge in [0.15, 0.2) is 5.76 Å². The quantitative estimate of drug-likeness (QED) is 0.606. The topological polar surface area (TPSA) is 89.6 Å². The summed E-state index contributed by atoms with van der Waals surface area (Å²) in [6, 6.07) is 9.86. The molecule has 3 rings (SSSR count). The fraction of sp³-hybridized carbons (Fsp3) is 0.211. The molecule has 0 radical (unpaired) electrons. The molecule has 1 aromatic heterocycles. The predicted octanol–water partition coefficient (Wildman–Crippen LogP) is 3.39. The van der Waals surface area contributed by atoms with Gasteiger partial charge in [0.05, 0.1) is 16.3 Å². The van der Waals surface area contributed by atoms with Gasteiger partial charge in [0, 0.05) is 38.1 Å². The molecule has 2 heterocycles. The lowest BCUT2D eigenvalue weighted by Gasteiger charge is -2.33. The summed E-state index contributed by atoms with van der Waals surface area (Å²) in [5.74, 6) is -0.427. The Balaban J connectivity index is 1.60. The summed E-state index contributed by atoms with van der Waals surface area (Å²) in [7, 11) is 0. The van der Waals surface area contributed by atoms with Crippen LogP contribution >= 0.6 is 23.2 Å². The predicted molar refractivity (Wildman–Crippen MR) is 105 cm³/mol. The molecule has 1 fully saturated rings. The van der Waals surface area contributed by atoms with Crippen molar-refractivity contribution >= 4 is 40.7 Å². The number of benzene rings is 1. The lowest BCUT2D eigenvalue weighted by Crippen LogP contribution is -2.47. The molecule has 1 aromatic carbocycles. The first-order valence-electron chi connectivity index (χ1n) is 8.43. The van der Waals surface area contributed by atoms with Crippen molar-refractivity contribution in [2.45, 2.75) is 0 Å². The number of nitrogens with one attached hydrogen (secondary N) is 1. The van der Waals surface area contributed by atoms with Crippen LogP contribution in [0.5, 0.6) is 0 Å². The molecular formula is C19H16Cl2N4O3. The minimum absolute atomic E-state index is 0.0446. The van der Waals surface area contributed by atoms with E-state index in [1.807, 2.05) is 11.0 Å². The number of carbonyl (C=O) groups excluding carboxylic acids is 2. The second-order valence-electron chi connectivity index (χ2n) is 6.04. The molecule has 0 atom stereocenters. The zero-order valence-electron chi connectivity index (χ0n) is 14.7. The Bertz CT molecular complexity index is 943. The van der Waals surface area contributed by atoms with E-state index in [9.17, 15) is 14.9 Å². The van der Waals surface area contributed by atoms with Crippen LogP contribution in [0.3, 0.4) is 0 Å². The van der Waals surface area contributed by atoms with Crippen LogP contribution in [0.15, 0.2) is 52.8 Å². The fourth-order valence-electron chi connectivity index (χ4n) is 2.70. The van der Waals surface area contributed by atoms with E-state index >= 15 is 0 Å². The summed E-state index contributed by atoms with van der Waals surface area (Å²) in [5.41, 5.74) is 0.395. The summed E-state index contributed by atoms with van der Waals surface area (Å²) >= 11 is 11.8. The highest BCUT2D eigenvalue weighted by molar-refractivity contribution is 6.42. The number of amides is 2. The van der Waals surface area contributed by atoms with Crippen molar-refractivity contribution in [3.8, 4) is 6.07 Å². The van der Waals surface area contributed by atoms with E-state index < -0.39 is 5.91 Å². The number of furan rings is 1. The average Bonchev–Trinajstić information content (AvgIpc) is 3.23. The van der Waals surface area contributed by atoms with E-state index in [1.165, 1.54) is 18.5 Å². The molecule has 0 bridgehead atoms. The van der Waals surface area contributed by atoms with E-state index in [0.29, 0.717) is 47.7 Å². The highest BCUT2D eigenvalue weighted by Gasteiger charge is 2.23. The van der Waals surface area contributed by atoms with E-state index in [2.05, 4.69) is 5.32 Å².